The molecule has 1 saturated heterocycles. The van der Waals surface area contributed by atoms with E-state index in [0.29, 0.717) is 6.42 Å². The number of aliphatic hydroxyl groups is 5. The zero-order valence-electron chi connectivity index (χ0n) is 33.8. The Morgan fingerprint density at radius 2 is 1.08 bits per heavy atom. The van der Waals surface area contributed by atoms with Gasteiger partial charge in [0.25, 0.3) is 0 Å². The molecule has 1 heterocycles. The summed E-state index contributed by atoms with van der Waals surface area (Å²) in [5, 5.41) is 54.0. The third kappa shape index (κ3) is 26.0. The lowest BCUT2D eigenvalue weighted by atomic mass is 9.99. The number of unbranched alkanes of at least 4 members (excludes halogenated alkanes) is 21. The molecular weight excluding hydrogens is 670 g/mol. The Kier molecular flexibility index (Phi) is 32.5. The van der Waals surface area contributed by atoms with Gasteiger partial charge < -0.3 is 40.3 Å². The molecular formula is C44H81NO8. The van der Waals surface area contributed by atoms with Crippen LogP contribution in [-0.2, 0) is 14.3 Å². The fraction of sp³-hybridized carbons (Fsp3) is 0.841. The molecule has 0 aliphatic carbocycles. The van der Waals surface area contributed by atoms with Crippen molar-refractivity contribution in [2.24, 2.45) is 0 Å². The first-order valence-corrected chi connectivity index (χ1v) is 21.7. The first-order valence-electron chi connectivity index (χ1n) is 21.7. The zero-order valence-corrected chi connectivity index (χ0v) is 33.8. The largest absolute Gasteiger partial charge is 0.394 e. The molecule has 7 atom stereocenters. The molecule has 1 aliphatic rings. The predicted octanol–water partition coefficient (Wildman–Crippen LogP) is 8.50. The molecule has 0 aromatic carbocycles. The highest BCUT2D eigenvalue weighted by Gasteiger charge is 2.44. The highest BCUT2D eigenvalue weighted by Crippen LogP contribution is 2.22. The fourth-order valence-electron chi connectivity index (χ4n) is 6.64. The van der Waals surface area contributed by atoms with E-state index in [0.717, 1.165) is 57.8 Å². The van der Waals surface area contributed by atoms with Crippen molar-refractivity contribution in [3.8, 4) is 0 Å². The first-order chi connectivity index (χ1) is 25.8. The molecule has 0 bridgehead atoms. The maximum atomic E-state index is 12.9. The Hall–Kier alpha value is -1.59. The van der Waals surface area contributed by atoms with Crippen molar-refractivity contribution in [1.82, 2.24) is 5.32 Å². The normalized spacial score (nSPS) is 22.0. The van der Waals surface area contributed by atoms with Crippen molar-refractivity contribution in [1.29, 1.82) is 0 Å². The van der Waals surface area contributed by atoms with Crippen molar-refractivity contribution in [3.05, 3.63) is 36.5 Å². The first kappa shape index (κ1) is 49.4. The molecule has 53 heavy (non-hydrogen) atoms. The van der Waals surface area contributed by atoms with E-state index in [1.165, 1.54) is 103 Å². The van der Waals surface area contributed by atoms with E-state index in [4.69, 9.17) is 9.47 Å². The number of carbonyl (C=O) groups is 1. The molecule has 0 aromatic heterocycles. The number of nitrogens with one attached hydrogen (secondary N) is 1. The van der Waals surface area contributed by atoms with E-state index >= 15 is 0 Å². The minimum absolute atomic E-state index is 0.197. The van der Waals surface area contributed by atoms with Gasteiger partial charge in [-0.3, -0.25) is 4.79 Å². The molecule has 0 aromatic rings. The third-order valence-corrected chi connectivity index (χ3v) is 10.2. The smallest absolute Gasteiger partial charge is 0.220 e. The molecule has 0 radical (unpaired) electrons. The lowest BCUT2D eigenvalue weighted by Gasteiger charge is -2.40. The lowest BCUT2D eigenvalue weighted by molar-refractivity contribution is -0.302. The Morgan fingerprint density at radius 3 is 1.58 bits per heavy atom. The summed E-state index contributed by atoms with van der Waals surface area (Å²) >= 11 is 0. The van der Waals surface area contributed by atoms with E-state index in [1.807, 2.05) is 6.08 Å². The topological polar surface area (TPSA) is 149 Å². The molecule has 9 heteroatoms. The molecule has 310 valence electrons. The monoisotopic (exact) mass is 752 g/mol. The quantitative estimate of drug-likeness (QED) is 0.0279. The average molecular weight is 752 g/mol. The second-order valence-electron chi connectivity index (χ2n) is 15.1. The van der Waals surface area contributed by atoms with Crippen molar-refractivity contribution in [3.63, 3.8) is 0 Å². The van der Waals surface area contributed by atoms with Crippen molar-refractivity contribution in [2.45, 2.75) is 224 Å². The van der Waals surface area contributed by atoms with Gasteiger partial charge in [-0.1, -0.05) is 153 Å². The summed E-state index contributed by atoms with van der Waals surface area (Å²) in [5.41, 5.74) is 0. The van der Waals surface area contributed by atoms with E-state index in [9.17, 15) is 30.3 Å². The summed E-state index contributed by atoms with van der Waals surface area (Å²) < 4.78 is 11.2. The highest BCUT2D eigenvalue weighted by molar-refractivity contribution is 5.76. The highest BCUT2D eigenvalue weighted by atomic mass is 16.7. The van der Waals surface area contributed by atoms with Crippen LogP contribution in [0.1, 0.15) is 181 Å². The van der Waals surface area contributed by atoms with E-state index in [2.05, 4.69) is 43.5 Å². The molecule has 0 spiro atoms. The maximum absolute atomic E-state index is 12.9. The van der Waals surface area contributed by atoms with Gasteiger partial charge in [0.05, 0.1) is 25.4 Å². The van der Waals surface area contributed by atoms with Crippen LogP contribution in [0.4, 0.5) is 0 Å². The summed E-state index contributed by atoms with van der Waals surface area (Å²) in [6.45, 7) is 3.73. The number of hydrogen-bond acceptors (Lipinski definition) is 8. The van der Waals surface area contributed by atoms with Crippen molar-refractivity contribution in [2.75, 3.05) is 13.2 Å². The second-order valence-corrected chi connectivity index (χ2v) is 15.1. The number of hydrogen-bond donors (Lipinski definition) is 6. The van der Waals surface area contributed by atoms with Gasteiger partial charge in [-0.05, 0) is 57.8 Å². The van der Waals surface area contributed by atoms with Gasteiger partial charge >= 0.3 is 0 Å². The molecule has 9 nitrogen and oxygen atoms in total. The number of amides is 1. The van der Waals surface area contributed by atoms with E-state index in [1.54, 1.807) is 6.08 Å². The molecule has 7 unspecified atom stereocenters. The average Bonchev–Trinajstić information content (AvgIpc) is 3.16. The van der Waals surface area contributed by atoms with Gasteiger partial charge in [-0.2, -0.15) is 0 Å². The summed E-state index contributed by atoms with van der Waals surface area (Å²) in [4.78, 5) is 12.9. The summed E-state index contributed by atoms with van der Waals surface area (Å²) in [6.07, 6.45) is 34.7. The van der Waals surface area contributed by atoms with Gasteiger partial charge in [0.1, 0.15) is 24.4 Å². The number of allylic oxidation sites excluding steroid dienone is 5. The Bertz CT molecular complexity index is 925. The van der Waals surface area contributed by atoms with Crippen LogP contribution in [0.5, 0.6) is 0 Å². The molecule has 1 amide bonds. The fourth-order valence-corrected chi connectivity index (χ4v) is 6.64. The summed E-state index contributed by atoms with van der Waals surface area (Å²) in [5.74, 6) is -0.197. The Balaban J connectivity index is 2.42. The maximum Gasteiger partial charge on any atom is 0.220 e. The molecule has 1 aliphatic heterocycles. The zero-order chi connectivity index (χ0) is 38.8. The van der Waals surface area contributed by atoms with Crippen LogP contribution in [0.15, 0.2) is 36.5 Å². The molecule has 1 fully saturated rings. The number of ether oxygens (including phenoxy) is 2. The number of rotatable bonds is 35. The second kappa shape index (κ2) is 34.9. The van der Waals surface area contributed by atoms with Crippen LogP contribution in [0.25, 0.3) is 0 Å². The van der Waals surface area contributed by atoms with Crippen LogP contribution >= 0.6 is 0 Å². The number of carbonyl (C=O) groups excluding carboxylic acids is 1. The number of aliphatic hydroxyl groups excluding tert-OH is 5. The van der Waals surface area contributed by atoms with Crippen LogP contribution in [0.3, 0.4) is 0 Å². The van der Waals surface area contributed by atoms with Crippen LogP contribution < -0.4 is 5.32 Å². The van der Waals surface area contributed by atoms with Gasteiger partial charge in [0, 0.05) is 6.42 Å². The lowest BCUT2D eigenvalue weighted by Crippen LogP contribution is -2.60. The minimum atomic E-state index is -1.57. The van der Waals surface area contributed by atoms with Crippen LogP contribution in [-0.4, -0.2) is 87.5 Å². The van der Waals surface area contributed by atoms with Gasteiger partial charge in [-0.25, -0.2) is 0 Å². The minimum Gasteiger partial charge on any atom is -0.394 e. The summed E-state index contributed by atoms with van der Waals surface area (Å²) in [7, 11) is 0. The predicted molar refractivity (Wildman–Crippen MR) is 216 cm³/mol. The van der Waals surface area contributed by atoms with Crippen molar-refractivity contribution >= 4 is 5.91 Å². The standard InChI is InChI=1S/C44H81NO8/c1-3-5-7-9-11-13-15-17-19-20-22-24-26-28-30-32-34-40(48)45-37(36-52-44-43(51)42(50)41(49)39(35-46)53-44)38(47)33-31-29-27-25-23-21-18-16-14-12-10-8-6-4-2/h19-20,23,25,31,33,37-39,41-44,46-47,49-51H,3-18,21-22,24,26-30,32,34-36H2,1-2H3,(H,45,48)/b20-19-,25-23+,33-31+. The SMILES string of the molecule is CCCCCCCCC/C=C\CCCCCCCC(=O)NC(COC1OC(CO)C(O)C(O)C1O)C(O)/C=C/CC/C=C/CCCCCCCCCC. The Morgan fingerprint density at radius 1 is 0.623 bits per heavy atom. The molecule has 0 saturated carbocycles. The van der Waals surface area contributed by atoms with Crippen LogP contribution in [0.2, 0.25) is 0 Å². The van der Waals surface area contributed by atoms with Gasteiger partial charge in [-0.15, -0.1) is 0 Å². The molecule has 1 rings (SSSR count). The Labute approximate surface area is 323 Å². The van der Waals surface area contributed by atoms with E-state index in [-0.39, 0.29) is 12.5 Å². The van der Waals surface area contributed by atoms with Crippen LogP contribution in [0, 0.1) is 0 Å². The van der Waals surface area contributed by atoms with E-state index < -0.39 is 49.5 Å². The summed E-state index contributed by atoms with van der Waals surface area (Å²) in [6, 6.07) is -0.823. The van der Waals surface area contributed by atoms with Crippen molar-refractivity contribution < 1.29 is 39.8 Å². The van der Waals surface area contributed by atoms with Gasteiger partial charge in [0.2, 0.25) is 5.91 Å². The third-order valence-electron chi connectivity index (χ3n) is 10.2. The molecule has 6 N–H and O–H groups in total. The van der Waals surface area contributed by atoms with Gasteiger partial charge in [0.15, 0.2) is 6.29 Å².